The van der Waals surface area contributed by atoms with Gasteiger partial charge in [0.05, 0.1) is 0 Å². The van der Waals surface area contributed by atoms with Gasteiger partial charge in [-0.05, 0) is 0 Å². The van der Waals surface area contributed by atoms with Crippen molar-refractivity contribution in [1.29, 1.82) is 0 Å². The third kappa shape index (κ3) is 1.79. The van der Waals surface area contributed by atoms with E-state index >= 15 is 0 Å². The van der Waals surface area contributed by atoms with Gasteiger partial charge in [-0.25, -0.2) is 0 Å². The normalized spacial score (nSPS) is 8.50. The van der Waals surface area contributed by atoms with Gasteiger partial charge >= 0.3 is 66.4 Å². The van der Waals surface area contributed by atoms with E-state index < -0.39 is 0 Å². The number of phenols is 2. The molecule has 1 aromatic rings. The summed E-state index contributed by atoms with van der Waals surface area (Å²) >= 11 is 1.38. The summed E-state index contributed by atoms with van der Waals surface area (Å²) < 4.78 is 0.740. The summed E-state index contributed by atoms with van der Waals surface area (Å²) in [7, 11) is 0. The van der Waals surface area contributed by atoms with Gasteiger partial charge in [0.1, 0.15) is 0 Å². The zero-order valence-electron chi connectivity index (χ0n) is 5.07. The fourth-order valence-electron chi connectivity index (χ4n) is 0.519. The SMILES string of the molecule is O.Oc1ccc[c]([Sb])c1O. The first-order valence-electron chi connectivity index (χ1n) is 2.41. The van der Waals surface area contributed by atoms with E-state index in [0.717, 1.165) is 3.51 Å². The van der Waals surface area contributed by atoms with Crippen molar-refractivity contribution in [3.63, 3.8) is 0 Å². The second-order valence-corrected chi connectivity index (χ2v) is 3.02. The molecule has 0 aliphatic heterocycles. The summed E-state index contributed by atoms with van der Waals surface area (Å²) in [5.74, 6) is -0.0556. The molecule has 0 fully saturated rings. The molecule has 0 spiro atoms. The molecule has 0 aromatic heterocycles. The van der Waals surface area contributed by atoms with Crippen LogP contribution in [0, 0.1) is 0 Å². The minimum absolute atomic E-state index is 0. The molecule has 2 radical (unpaired) electrons. The predicted octanol–water partition coefficient (Wildman–Crippen LogP) is -0.933. The molecule has 3 nitrogen and oxygen atoms in total. The number of phenolic OH excluding ortho intramolecular Hbond substituents is 2. The fourth-order valence-corrected chi connectivity index (χ4v) is 1.09. The summed E-state index contributed by atoms with van der Waals surface area (Å²) in [5.41, 5.74) is 0. The van der Waals surface area contributed by atoms with Crippen LogP contribution in [-0.2, 0) is 0 Å². The maximum atomic E-state index is 8.97. The summed E-state index contributed by atoms with van der Waals surface area (Å²) in [4.78, 5) is 0. The van der Waals surface area contributed by atoms with Crippen molar-refractivity contribution in [3.05, 3.63) is 18.2 Å². The van der Waals surface area contributed by atoms with Gasteiger partial charge in [0.25, 0.3) is 0 Å². The van der Waals surface area contributed by atoms with Crippen LogP contribution >= 0.6 is 0 Å². The molecule has 4 N–H and O–H groups in total. The van der Waals surface area contributed by atoms with Gasteiger partial charge in [0, 0.05) is 0 Å². The van der Waals surface area contributed by atoms with Crippen molar-refractivity contribution in [3.8, 4) is 11.5 Å². The standard InChI is InChI=1S/C6H5O2.H2O.Sb/c7-5-3-1-2-4-6(5)8;;/h1-3,7-8H;1H2;. The molecule has 0 amide bonds. The van der Waals surface area contributed by atoms with Crippen molar-refractivity contribution in [1.82, 2.24) is 0 Å². The molecule has 0 aliphatic carbocycles. The predicted molar refractivity (Wildman–Crippen MR) is 38.8 cm³/mol. The summed E-state index contributed by atoms with van der Waals surface area (Å²) in [5, 5.41) is 17.8. The monoisotopic (exact) mass is 248 g/mol. The van der Waals surface area contributed by atoms with Crippen molar-refractivity contribution in [2.45, 2.75) is 0 Å². The molecule has 0 atom stereocenters. The van der Waals surface area contributed by atoms with Gasteiger partial charge in [-0.15, -0.1) is 0 Å². The van der Waals surface area contributed by atoms with Crippen LogP contribution in [0.15, 0.2) is 18.2 Å². The van der Waals surface area contributed by atoms with E-state index in [-0.39, 0.29) is 17.0 Å². The van der Waals surface area contributed by atoms with Crippen molar-refractivity contribution < 1.29 is 15.7 Å². The first-order valence-corrected chi connectivity index (χ1v) is 3.69. The molecule has 0 bridgehead atoms. The average Bonchev–Trinajstić information content (AvgIpc) is 1.83. The van der Waals surface area contributed by atoms with Gasteiger partial charge < -0.3 is 5.48 Å². The molecule has 0 saturated heterocycles. The molecule has 10 heavy (non-hydrogen) atoms. The second kappa shape index (κ2) is 3.69. The Morgan fingerprint density at radius 3 is 2.20 bits per heavy atom. The topological polar surface area (TPSA) is 72.0 Å². The Balaban J connectivity index is 0.000000810. The van der Waals surface area contributed by atoms with Crippen LogP contribution in [0.3, 0.4) is 0 Å². The molecular formula is C6H7O3Sb. The van der Waals surface area contributed by atoms with Crippen molar-refractivity contribution in [2.75, 3.05) is 0 Å². The molecule has 0 aliphatic rings. The van der Waals surface area contributed by atoms with Crippen LogP contribution < -0.4 is 3.51 Å². The first kappa shape index (κ1) is 9.60. The van der Waals surface area contributed by atoms with Crippen LogP contribution in [0.4, 0.5) is 0 Å². The summed E-state index contributed by atoms with van der Waals surface area (Å²) in [6.45, 7) is 0. The molecule has 0 unspecified atom stereocenters. The van der Waals surface area contributed by atoms with Gasteiger partial charge in [-0.2, -0.15) is 0 Å². The van der Waals surface area contributed by atoms with Crippen LogP contribution in [0.2, 0.25) is 0 Å². The number of aromatic hydroxyl groups is 2. The summed E-state index contributed by atoms with van der Waals surface area (Å²) in [6.07, 6.45) is 0. The Morgan fingerprint density at radius 2 is 1.80 bits per heavy atom. The fraction of sp³-hybridized carbons (Fsp3) is 0. The Labute approximate surface area is 72.1 Å². The van der Waals surface area contributed by atoms with E-state index in [1.165, 1.54) is 29.1 Å². The molecule has 0 saturated carbocycles. The second-order valence-electron chi connectivity index (χ2n) is 1.64. The van der Waals surface area contributed by atoms with E-state index in [9.17, 15) is 0 Å². The number of benzene rings is 1. The zero-order chi connectivity index (χ0) is 6.85. The summed E-state index contributed by atoms with van der Waals surface area (Å²) in [6, 6.07) is 4.91. The average molecular weight is 249 g/mol. The first-order chi connectivity index (χ1) is 4.22. The van der Waals surface area contributed by atoms with Crippen LogP contribution in [-0.4, -0.2) is 38.7 Å². The molecule has 54 valence electrons. The number of para-hydroxylation sites is 1. The van der Waals surface area contributed by atoms with Crippen LogP contribution in [0.25, 0.3) is 0 Å². The van der Waals surface area contributed by atoms with E-state index in [2.05, 4.69) is 0 Å². The number of rotatable bonds is 0. The zero-order valence-corrected chi connectivity index (χ0v) is 7.63. The maximum absolute atomic E-state index is 8.97. The Kier molecular flexibility index (Phi) is 3.54. The third-order valence-electron chi connectivity index (χ3n) is 0.993. The molecule has 1 aromatic carbocycles. The van der Waals surface area contributed by atoms with Gasteiger partial charge in [0.15, 0.2) is 0 Å². The van der Waals surface area contributed by atoms with Gasteiger partial charge in [-0.3, -0.25) is 0 Å². The van der Waals surface area contributed by atoms with E-state index in [4.69, 9.17) is 10.2 Å². The van der Waals surface area contributed by atoms with E-state index in [1.807, 2.05) is 0 Å². The molecular weight excluding hydrogens is 242 g/mol. The molecule has 4 heteroatoms. The van der Waals surface area contributed by atoms with Crippen LogP contribution in [0.1, 0.15) is 0 Å². The van der Waals surface area contributed by atoms with Crippen molar-refractivity contribution >= 4 is 26.5 Å². The Hall–Kier alpha value is -0.402. The minimum atomic E-state index is -0.0477. The molecule has 1 rings (SSSR count). The van der Waals surface area contributed by atoms with Gasteiger partial charge in [0.2, 0.25) is 0 Å². The number of hydrogen-bond acceptors (Lipinski definition) is 2. The van der Waals surface area contributed by atoms with Gasteiger partial charge in [-0.1, -0.05) is 0 Å². The Bertz CT molecular complexity index is 204. The third-order valence-corrected chi connectivity index (χ3v) is 2.02. The van der Waals surface area contributed by atoms with E-state index in [1.54, 1.807) is 12.1 Å². The van der Waals surface area contributed by atoms with Crippen molar-refractivity contribution in [2.24, 2.45) is 0 Å². The Morgan fingerprint density at radius 1 is 1.20 bits per heavy atom. The number of hydrogen-bond donors (Lipinski definition) is 2. The quantitative estimate of drug-likeness (QED) is 0.460. The van der Waals surface area contributed by atoms with E-state index in [0.29, 0.717) is 0 Å². The van der Waals surface area contributed by atoms with Crippen LogP contribution in [0.5, 0.6) is 11.5 Å². The molecule has 0 heterocycles.